The van der Waals surface area contributed by atoms with Crippen LogP contribution in [0.2, 0.25) is 0 Å². The maximum atomic E-state index is 4.61. The molecule has 26 heavy (non-hydrogen) atoms. The van der Waals surface area contributed by atoms with E-state index in [0.29, 0.717) is 0 Å². The number of hydrogen-bond donors (Lipinski definition) is 0. The van der Waals surface area contributed by atoms with Gasteiger partial charge in [0.05, 0.1) is 5.56 Å². The van der Waals surface area contributed by atoms with Crippen LogP contribution in [0.4, 0.5) is 0 Å². The minimum absolute atomic E-state index is 0.829. The van der Waals surface area contributed by atoms with Gasteiger partial charge < -0.3 is 0 Å². The average molecular weight is 336 g/mol. The lowest BCUT2D eigenvalue weighted by Gasteiger charge is -2.06. The zero-order valence-electron chi connectivity index (χ0n) is 14.3. The van der Waals surface area contributed by atoms with Crippen molar-refractivity contribution in [2.45, 2.75) is 6.54 Å². The highest BCUT2D eigenvalue weighted by molar-refractivity contribution is 5.88. The predicted molar refractivity (Wildman–Crippen MR) is 104 cm³/mol. The first-order valence-corrected chi connectivity index (χ1v) is 8.78. The van der Waals surface area contributed by atoms with Gasteiger partial charge in [-0.15, -0.1) is 0 Å². The fraction of sp³-hybridized carbons (Fsp3) is 0.0435. The molecule has 0 aliphatic carbocycles. The van der Waals surface area contributed by atoms with Crippen molar-refractivity contribution in [2.75, 3.05) is 0 Å². The van der Waals surface area contributed by atoms with Crippen LogP contribution in [0.3, 0.4) is 0 Å². The summed E-state index contributed by atoms with van der Waals surface area (Å²) in [6.45, 7) is 0.829. The van der Waals surface area contributed by atoms with E-state index in [2.05, 4.69) is 99.1 Å². The van der Waals surface area contributed by atoms with Gasteiger partial charge in [-0.1, -0.05) is 60.7 Å². The Bertz CT molecular complexity index is 1190. The lowest BCUT2D eigenvalue weighted by Crippen LogP contribution is -2.33. The average Bonchev–Trinajstić information content (AvgIpc) is 3.13. The molecule has 124 valence electrons. The maximum absolute atomic E-state index is 4.61. The minimum atomic E-state index is 0.829. The normalized spacial score (nSPS) is 11.2. The number of imidazole rings is 1. The molecule has 0 N–H and O–H groups in total. The second kappa shape index (κ2) is 6.12. The smallest absolute Gasteiger partial charge is 0.225 e. The van der Waals surface area contributed by atoms with Gasteiger partial charge in [-0.05, 0) is 29.3 Å². The van der Waals surface area contributed by atoms with Crippen LogP contribution in [0.5, 0.6) is 0 Å². The Morgan fingerprint density at radius 3 is 2.42 bits per heavy atom. The second-order valence-corrected chi connectivity index (χ2v) is 6.45. The molecule has 0 fully saturated rings. The SMILES string of the molecule is c1ccc(C[n+]2ccn3c4ncccc4cc(-c4ccccc4)c32)cc1. The fourth-order valence-electron chi connectivity index (χ4n) is 3.56. The van der Waals surface area contributed by atoms with Gasteiger partial charge in [-0.2, -0.15) is 4.40 Å². The highest BCUT2D eigenvalue weighted by atomic mass is 15.1. The number of benzene rings is 2. The molecular weight excluding hydrogens is 318 g/mol. The standard InChI is InChI=1S/C23H18N3/c1-3-8-18(9-4-1)17-25-14-15-26-22-20(12-7-13-24-22)16-21(23(25)26)19-10-5-2-6-11-19/h1-16H,17H2/q+1. The Morgan fingerprint density at radius 2 is 1.62 bits per heavy atom. The van der Waals surface area contributed by atoms with E-state index in [4.69, 9.17) is 0 Å². The van der Waals surface area contributed by atoms with Crippen LogP contribution in [0, 0.1) is 0 Å². The molecule has 0 saturated carbocycles. The molecule has 5 rings (SSSR count). The topological polar surface area (TPSA) is 21.2 Å². The fourth-order valence-corrected chi connectivity index (χ4v) is 3.56. The molecule has 0 spiro atoms. The molecule has 3 heterocycles. The molecule has 0 atom stereocenters. The number of fused-ring (bicyclic) bond motifs is 3. The van der Waals surface area contributed by atoms with Crippen molar-refractivity contribution in [3.8, 4) is 11.1 Å². The number of nitrogens with zero attached hydrogens (tertiary/aromatic N) is 3. The van der Waals surface area contributed by atoms with Crippen LogP contribution in [-0.4, -0.2) is 9.38 Å². The van der Waals surface area contributed by atoms with E-state index in [9.17, 15) is 0 Å². The van der Waals surface area contributed by atoms with Crippen molar-refractivity contribution in [1.82, 2.24) is 9.38 Å². The summed E-state index contributed by atoms with van der Waals surface area (Å²) in [6.07, 6.45) is 6.11. The van der Waals surface area contributed by atoms with Gasteiger partial charge in [0.25, 0.3) is 5.65 Å². The summed E-state index contributed by atoms with van der Waals surface area (Å²) in [6, 6.07) is 27.5. The molecule has 2 aromatic carbocycles. The van der Waals surface area contributed by atoms with Crippen molar-refractivity contribution in [1.29, 1.82) is 0 Å². The molecule has 0 amide bonds. The van der Waals surface area contributed by atoms with Crippen molar-refractivity contribution < 1.29 is 4.57 Å². The van der Waals surface area contributed by atoms with Crippen molar-refractivity contribution in [3.63, 3.8) is 0 Å². The lowest BCUT2D eigenvalue weighted by atomic mass is 10.1. The summed E-state index contributed by atoms with van der Waals surface area (Å²) >= 11 is 0. The number of rotatable bonds is 3. The summed E-state index contributed by atoms with van der Waals surface area (Å²) in [5, 5.41) is 1.14. The largest absolute Gasteiger partial charge is 0.296 e. The number of pyridine rings is 2. The van der Waals surface area contributed by atoms with Gasteiger partial charge in [-0.3, -0.25) is 0 Å². The summed E-state index contributed by atoms with van der Waals surface area (Å²) in [5.74, 6) is 0. The minimum Gasteiger partial charge on any atom is -0.225 e. The van der Waals surface area contributed by atoms with Crippen LogP contribution < -0.4 is 4.57 Å². The monoisotopic (exact) mass is 336 g/mol. The van der Waals surface area contributed by atoms with E-state index >= 15 is 0 Å². The van der Waals surface area contributed by atoms with Gasteiger partial charge in [-0.25, -0.2) is 9.55 Å². The Hall–Kier alpha value is -3.46. The van der Waals surface area contributed by atoms with Crippen molar-refractivity contribution in [2.24, 2.45) is 0 Å². The summed E-state index contributed by atoms with van der Waals surface area (Å²) in [5.41, 5.74) is 5.85. The van der Waals surface area contributed by atoms with Gasteiger partial charge >= 0.3 is 0 Å². The summed E-state index contributed by atoms with van der Waals surface area (Å²) < 4.78 is 4.49. The van der Waals surface area contributed by atoms with Crippen LogP contribution >= 0.6 is 0 Å². The first kappa shape index (κ1) is 14.8. The zero-order chi connectivity index (χ0) is 17.3. The van der Waals surface area contributed by atoms with Crippen LogP contribution in [-0.2, 0) is 6.54 Å². The molecule has 3 heteroatoms. The molecule has 0 saturated heterocycles. The van der Waals surface area contributed by atoms with E-state index < -0.39 is 0 Å². The molecule has 3 aromatic heterocycles. The van der Waals surface area contributed by atoms with Crippen molar-refractivity contribution >= 4 is 16.7 Å². The van der Waals surface area contributed by atoms with Gasteiger partial charge in [0.15, 0.2) is 0 Å². The van der Waals surface area contributed by atoms with E-state index in [-0.39, 0.29) is 0 Å². The predicted octanol–water partition coefficient (Wildman–Crippen LogP) is 4.49. The quantitative estimate of drug-likeness (QED) is 0.445. The molecule has 0 unspecified atom stereocenters. The Morgan fingerprint density at radius 1 is 0.846 bits per heavy atom. The third kappa shape index (κ3) is 2.45. The van der Waals surface area contributed by atoms with E-state index in [1.54, 1.807) is 0 Å². The molecular formula is C23H18N3+. The van der Waals surface area contributed by atoms with Crippen molar-refractivity contribution in [3.05, 3.63) is 103 Å². The number of aromatic nitrogens is 3. The number of hydrogen-bond acceptors (Lipinski definition) is 1. The highest BCUT2D eigenvalue weighted by Crippen LogP contribution is 2.27. The van der Waals surface area contributed by atoms with Gasteiger partial charge in [0.2, 0.25) is 5.65 Å². The Kier molecular flexibility index (Phi) is 3.49. The molecule has 0 aliphatic heterocycles. The second-order valence-electron chi connectivity index (χ2n) is 6.45. The molecule has 5 aromatic rings. The van der Waals surface area contributed by atoms with Crippen LogP contribution in [0.15, 0.2) is 97.5 Å². The molecule has 0 bridgehead atoms. The lowest BCUT2D eigenvalue weighted by molar-refractivity contribution is -0.661. The van der Waals surface area contributed by atoms with E-state index in [0.717, 1.165) is 23.2 Å². The molecule has 3 nitrogen and oxygen atoms in total. The van der Waals surface area contributed by atoms with E-state index in [1.807, 2.05) is 12.3 Å². The Balaban J connectivity index is 1.81. The van der Waals surface area contributed by atoms with Crippen LogP contribution in [0.1, 0.15) is 5.56 Å². The van der Waals surface area contributed by atoms with Gasteiger partial charge in [0, 0.05) is 11.6 Å². The first-order valence-electron chi connectivity index (χ1n) is 8.78. The summed E-state index contributed by atoms with van der Waals surface area (Å²) in [4.78, 5) is 4.61. The molecule has 0 radical (unpaired) electrons. The maximum Gasteiger partial charge on any atom is 0.296 e. The third-order valence-corrected chi connectivity index (χ3v) is 4.76. The third-order valence-electron chi connectivity index (χ3n) is 4.76. The van der Waals surface area contributed by atoms with Gasteiger partial charge in [0.1, 0.15) is 18.9 Å². The van der Waals surface area contributed by atoms with E-state index in [1.165, 1.54) is 16.7 Å². The summed E-state index contributed by atoms with van der Waals surface area (Å²) in [7, 11) is 0. The highest BCUT2D eigenvalue weighted by Gasteiger charge is 2.20. The first-order chi connectivity index (χ1) is 12.9. The molecule has 0 aliphatic rings. The van der Waals surface area contributed by atoms with Crippen LogP contribution in [0.25, 0.3) is 27.8 Å². The Labute approximate surface area is 151 Å². The zero-order valence-corrected chi connectivity index (χ0v) is 14.3.